The summed E-state index contributed by atoms with van der Waals surface area (Å²) in [5.74, 6) is 0.579. The minimum absolute atomic E-state index is 0.0391. The number of phenols is 2. The predicted octanol–water partition coefficient (Wildman–Crippen LogP) is 1.50. The lowest BCUT2D eigenvalue weighted by Gasteiger charge is -2.06. The maximum absolute atomic E-state index is 9.53. The Bertz CT molecular complexity index is 474. The van der Waals surface area contributed by atoms with E-state index >= 15 is 0 Å². The molecule has 0 aliphatic heterocycles. The lowest BCUT2D eigenvalue weighted by Crippen LogP contribution is -2.02. The van der Waals surface area contributed by atoms with Crippen LogP contribution in [0.4, 0.5) is 5.95 Å². The zero-order valence-electron chi connectivity index (χ0n) is 8.46. The maximum Gasteiger partial charge on any atom is 0.222 e. The monoisotopic (exact) mass is 217 g/mol. The van der Waals surface area contributed by atoms with Crippen LogP contribution in [-0.2, 0) is 6.54 Å². The Kier molecular flexibility index (Phi) is 2.86. The first kappa shape index (κ1) is 10.2. The smallest absolute Gasteiger partial charge is 0.222 e. The van der Waals surface area contributed by atoms with Crippen molar-refractivity contribution in [3.05, 3.63) is 42.2 Å². The van der Waals surface area contributed by atoms with Crippen LogP contribution < -0.4 is 5.32 Å². The molecule has 2 aromatic rings. The third kappa shape index (κ3) is 2.38. The highest BCUT2D eigenvalue weighted by molar-refractivity contribution is 5.40. The molecule has 1 heterocycles. The summed E-state index contributed by atoms with van der Waals surface area (Å²) in [6.07, 6.45) is 3.26. The van der Waals surface area contributed by atoms with Crippen molar-refractivity contribution in [3.63, 3.8) is 0 Å². The van der Waals surface area contributed by atoms with Crippen molar-refractivity contribution in [2.45, 2.75) is 6.54 Å². The van der Waals surface area contributed by atoms with Crippen LogP contribution in [0.2, 0.25) is 0 Å². The molecular weight excluding hydrogens is 206 g/mol. The molecule has 1 aromatic heterocycles. The van der Waals surface area contributed by atoms with Crippen LogP contribution in [0.1, 0.15) is 5.56 Å². The van der Waals surface area contributed by atoms with E-state index in [9.17, 15) is 5.11 Å². The fourth-order valence-electron chi connectivity index (χ4n) is 1.27. The lowest BCUT2D eigenvalue weighted by atomic mass is 10.2. The van der Waals surface area contributed by atoms with Gasteiger partial charge in [-0.25, -0.2) is 9.97 Å². The first-order valence-corrected chi connectivity index (χ1v) is 4.77. The van der Waals surface area contributed by atoms with E-state index < -0.39 is 0 Å². The molecule has 0 saturated heterocycles. The van der Waals surface area contributed by atoms with E-state index in [1.165, 1.54) is 12.1 Å². The fourth-order valence-corrected chi connectivity index (χ4v) is 1.27. The van der Waals surface area contributed by atoms with Gasteiger partial charge >= 0.3 is 0 Å². The Hall–Kier alpha value is -2.30. The molecule has 0 radical (unpaired) electrons. The van der Waals surface area contributed by atoms with Crippen LogP contribution in [0, 0.1) is 0 Å². The molecule has 0 atom stereocenters. The summed E-state index contributed by atoms with van der Waals surface area (Å²) >= 11 is 0. The third-order valence-corrected chi connectivity index (χ3v) is 2.07. The van der Waals surface area contributed by atoms with E-state index in [0.717, 1.165) is 0 Å². The van der Waals surface area contributed by atoms with E-state index in [4.69, 9.17) is 5.11 Å². The molecule has 0 spiro atoms. The van der Waals surface area contributed by atoms with Crippen LogP contribution >= 0.6 is 0 Å². The number of aromatic nitrogens is 2. The highest BCUT2D eigenvalue weighted by Crippen LogP contribution is 2.22. The van der Waals surface area contributed by atoms with Crippen molar-refractivity contribution in [1.29, 1.82) is 0 Å². The molecule has 1 aromatic carbocycles. The summed E-state index contributed by atoms with van der Waals surface area (Å²) in [7, 11) is 0. The van der Waals surface area contributed by atoms with Gasteiger partial charge in [-0.15, -0.1) is 0 Å². The number of anilines is 1. The van der Waals surface area contributed by atoms with Crippen LogP contribution in [0.15, 0.2) is 36.7 Å². The normalized spacial score (nSPS) is 10.0. The standard InChI is InChI=1S/C11H11N3O2/c15-9-3-2-8(10(16)6-9)7-14-11-12-4-1-5-13-11/h1-6,15-16H,7H2,(H,12,13,14). The van der Waals surface area contributed by atoms with Gasteiger partial charge in [-0.1, -0.05) is 0 Å². The van der Waals surface area contributed by atoms with Crippen LogP contribution in [0.3, 0.4) is 0 Å². The second kappa shape index (κ2) is 4.48. The molecular formula is C11H11N3O2. The van der Waals surface area contributed by atoms with Crippen molar-refractivity contribution in [1.82, 2.24) is 9.97 Å². The zero-order valence-corrected chi connectivity index (χ0v) is 8.46. The molecule has 16 heavy (non-hydrogen) atoms. The molecule has 2 rings (SSSR count). The van der Waals surface area contributed by atoms with Crippen molar-refractivity contribution in [2.75, 3.05) is 5.32 Å². The molecule has 0 aliphatic carbocycles. The lowest BCUT2D eigenvalue weighted by molar-refractivity contribution is 0.446. The predicted molar refractivity (Wildman–Crippen MR) is 59.1 cm³/mol. The summed E-state index contributed by atoms with van der Waals surface area (Å²) < 4.78 is 0. The summed E-state index contributed by atoms with van der Waals surface area (Å²) in [5, 5.41) is 21.6. The first-order valence-electron chi connectivity index (χ1n) is 4.77. The zero-order chi connectivity index (χ0) is 11.4. The van der Waals surface area contributed by atoms with E-state index in [2.05, 4.69) is 15.3 Å². The number of hydrogen-bond acceptors (Lipinski definition) is 5. The van der Waals surface area contributed by atoms with Crippen LogP contribution in [0.25, 0.3) is 0 Å². The minimum atomic E-state index is 0.0391. The largest absolute Gasteiger partial charge is 0.508 e. The average Bonchev–Trinajstić information content (AvgIpc) is 2.29. The molecule has 5 nitrogen and oxygen atoms in total. The maximum atomic E-state index is 9.53. The van der Waals surface area contributed by atoms with Crippen LogP contribution in [-0.4, -0.2) is 20.2 Å². The van der Waals surface area contributed by atoms with Crippen LogP contribution in [0.5, 0.6) is 11.5 Å². The third-order valence-electron chi connectivity index (χ3n) is 2.07. The number of rotatable bonds is 3. The van der Waals surface area contributed by atoms with Crippen molar-refractivity contribution in [3.8, 4) is 11.5 Å². The van der Waals surface area contributed by atoms with Gasteiger partial charge in [-0.3, -0.25) is 0 Å². The van der Waals surface area contributed by atoms with Crippen molar-refractivity contribution in [2.24, 2.45) is 0 Å². The highest BCUT2D eigenvalue weighted by atomic mass is 16.3. The van der Waals surface area contributed by atoms with Crippen molar-refractivity contribution < 1.29 is 10.2 Å². The molecule has 0 unspecified atom stereocenters. The summed E-state index contributed by atoms with van der Waals surface area (Å²) in [5.41, 5.74) is 0.672. The number of benzene rings is 1. The van der Waals surface area contributed by atoms with Gasteiger partial charge in [0.1, 0.15) is 11.5 Å². The van der Waals surface area contributed by atoms with Gasteiger partial charge in [-0.2, -0.15) is 0 Å². The molecule has 0 saturated carbocycles. The Morgan fingerprint density at radius 2 is 1.88 bits per heavy atom. The second-order valence-electron chi connectivity index (χ2n) is 3.24. The Labute approximate surface area is 92.4 Å². The van der Waals surface area contributed by atoms with Crippen molar-refractivity contribution >= 4 is 5.95 Å². The molecule has 5 heteroatoms. The molecule has 82 valence electrons. The molecule has 3 N–H and O–H groups in total. The summed E-state index contributed by atoms with van der Waals surface area (Å²) in [6, 6.07) is 6.18. The number of nitrogens with one attached hydrogen (secondary N) is 1. The second-order valence-corrected chi connectivity index (χ2v) is 3.24. The summed E-state index contributed by atoms with van der Waals surface area (Å²) in [6.45, 7) is 0.399. The number of aromatic hydroxyl groups is 2. The quantitative estimate of drug-likeness (QED) is 0.726. The van der Waals surface area contributed by atoms with Gasteiger partial charge in [0, 0.05) is 30.6 Å². The number of phenolic OH excluding ortho intramolecular Hbond substituents is 2. The van der Waals surface area contributed by atoms with Gasteiger partial charge in [0.2, 0.25) is 5.95 Å². The van der Waals surface area contributed by atoms with Gasteiger partial charge in [-0.05, 0) is 18.2 Å². The molecule has 0 bridgehead atoms. The van der Waals surface area contributed by atoms with Gasteiger partial charge in [0.15, 0.2) is 0 Å². The molecule has 0 aliphatic rings. The van der Waals surface area contributed by atoms with Gasteiger partial charge in [0.25, 0.3) is 0 Å². The highest BCUT2D eigenvalue weighted by Gasteiger charge is 2.02. The molecule has 0 amide bonds. The number of nitrogens with zero attached hydrogens (tertiary/aromatic N) is 2. The van der Waals surface area contributed by atoms with E-state index in [1.807, 2.05) is 0 Å². The topological polar surface area (TPSA) is 78.3 Å². The fraction of sp³-hybridized carbons (Fsp3) is 0.0909. The minimum Gasteiger partial charge on any atom is -0.508 e. The Morgan fingerprint density at radius 3 is 2.56 bits per heavy atom. The van der Waals surface area contributed by atoms with Gasteiger partial charge in [0.05, 0.1) is 0 Å². The van der Waals surface area contributed by atoms with E-state index in [0.29, 0.717) is 18.1 Å². The number of hydrogen-bond donors (Lipinski definition) is 3. The first-order chi connectivity index (χ1) is 7.75. The Balaban J connectivity index is 2.05. The Morgan fingerprint density at radius 1 is 1.12 bits per heavy atom. The molecule has 0 fully saturated rings. The van der Waals surface area contributed by atoms with Gasteiger partial charge < -0.3 is 15.5 Å². The van der Waals surface area contributed by atoms with E-state index in [1.54, 1.807) is 24.5 Å². The summed E-state index contributed by atoms with van der Waals surface area (Å²) in [4.78, 5) is 7.98. The van der Waals surface area contributed by atoms with E-state index in [-0.39, 0.29) is 11.5 Å². The SMILES string of the molecule is Oc1ccc(CNc2ncccn2)c(O)c1. The average molecular weight is 217 g/mol.